The Morgan fingerprint density at radius 1 is 1.30 bits per heavy atom. The van der Waals surface area contributed by atoms with Crippen molar-refractivity contribution >= 4 is 0 Å². The minimum atomic E-state index is -0.175. The minimum Gasteiger partial charge on any atom is -0.375 e. The third-order valence-corrected chi connectivity index (χ3v) is 4.14. The predicted molar refractivity (Wildman–Crippen MR) is 80.1 cm³/mol. The van der Waals surface area contributed by atoms with Crippen LogP contribution in [0.1, 0.15) is 44.6 Å². The molecule has 1 unspecified atom stereocenters. The molecule has 1 atom stereocenters. The lowest BCUT2D eigenvalue weighted by atomic mass is 9.98. The smallest absolute Gasteiger partial charge is 0.128 e. The van der Waals surface area contributed by atoms with E-state index in [0.29, 0.717) is 24.8 Å². The van der Waals surface area contributed by atoms with Crippen LogP contribution in [0.5, 0.6) is 0 Å². The lowest BCUT2D eigenvalue weighted by molar-refractivity contribution is 0.0804. The van der Waals surface area contributed by atoms with Crippen molar-refractivity contribution in [3.8, 4) is 0 Å². The molecule has 20 heavy (non-hydrogen) atoms. The zero-order chi connectivity index (χ0) is 14.2. The van der Waals surface area contributed by atoms with Crippen LogP contribution >= 0.6 is 0 Å². The number of rotatable bonds is 8. The van der Waals surface area contributed by atoms with Gasteiger partial charge in [-0.05, 0) is 37.8 Å². The second-order valence-electron chi connectivity index (χ2n) is 5.71. The van der Waals surface area contributed by atoms with E-state index in [2.05, 4.69) is 12.2 Å². The summed E-state index contributed by atoms with van der Waals surface area (Å²) in [5.41, 5.74) is 0.646. The molecule has 1 aliphatic rings. The van der Waals surface area contributed by atoms with Crippen LogP contribution in [0.3, 0.4) is 0 Å². The van der Waals surface area contributed by atoms with Crippen LogP contribution in [0, 0.1) is 11.7 Å². The van der Waals surface area contributed by atoms with Crippen LogP contribution in [0.15, 0.2) is 24.3 Å². The molecule has 3 heteroatoms. The van der Waals surface area contributed by atoms with Gasteiger partial charge in [0.25, 0.3) is 0 Å². The third kappa shape index (κ3) is 4.57. The SMILES string of the molecule is CCCNC(COCc1ccccc1F)C1CCCC1. The van der Waals surface area contributed by atoms with Crippen molar-refractivity contribution in [3.63, 3.8) is 0 Å². The molecular weight excluding hydrogens is 253 g/mol. The average molecular weight is 279 g/mol. The van der Waals surface area contributed by atoms with Crippen molar-refractivity contribution in [2.45, 2.75) is 51.7 Å². The molecule has 0 amide bonds. The quantitative estimate of drug-likeness (QED) is 0.779. The number of ether oxygens (including phenoxy) is 1. The number of benzene rings is 1. The Morgan fingerprint density at radius 2 is 2.05 bits per heavy atom. The van der Waals surface area contributed by atoms with Crippen LogP contribution in [0.25, 0.3) is 0 Å². The molecule has 1 aliphatic carbocycles. The fourth-order valence-electron chi connectivity index (χ4n) is 2.96. The van der Waals surface area contributed by atoms with Crippen molar-refractivity contribution in [1.29, 1.82) is 0 Å². The maximum Gasteiger partial charge on any atom is 0.128 e. The summed E-state index contributed by atoms with van der Waals surface area (Å²) >= 11 is 0. The lowest BCUT2D eigenvalue weighted by Crippen LogP contribution is -2.39. The first kappa shape index (κ1) is 15.5. The van der Waals surface area contributed by atoms with Gasteiger partial charge >= 0.3 is 0 Å². The summed E-state index contributed by atoms with van der Waals surface area (Å²) in [6.45, 7) is 4.26. The fourth-order valence-corrected chi connectivity index (χ4v) is 2.96. The van der Waals surface area contributed by atoms with E-state index in [4.69, 9.17) is 4.74 Å². The van der Waals surface area contributed by atoms with Gasteiger partial charge < -0.3 is 10.1 Å². The van der Waals surface area contributed by atoms with Crippen molar-refractivity contribution < 1.29 is 9.13 Å². The zero-order valence-corrected chi connectivity index (χ0v) is 12.4. The standard InChI is InChI=1S/C17H26FNO/c1-2-11-19-17(14-7-3-4-8-14)13-20-12-15-9-5-6-10-16(15)18/h5-6,9-10,14,17,19H,2-4,7-8,11-13H2,1H3. The van der Waals surface area contributed by atoms with E-state index in [1.807, 2.05) is 6.07 Å². The molecule has 0 heterocycles. The monoisotopic (exact) mass is 279 g/mol. The maximum atomic E-state index is 13.5. The fraction of sp³-hybridized carbons (Fsp3) is 0.647. The van der Waals surface area contributed by atoms with Gasteiger partial charge in [0.15, 0.2) is 0 Å². The Hall–Kier alpha value is -0.930. The first-order valence-corrected chi connectivity index (χ1v) is 7.85. The van der Waals surface area contributed by atoms with Crippen molar-refractivity contribution in [2.24, 2.45) is 5.92 Å². The van der Waals surface area contributed by atoms with Gasteiger partial charge in [0.2, 0.25) is 0 Å². The van der Waals surface area contributed by atoms with Gasteiger partial charge in [0, 0.05) is 11.6 Å². The highest BCUT2D eigenvalue weighted by molar-refractivity contribution is 5.16. The maximum absolute atomic E-state index is 13.5. The van der Waals surface area contributed by atoms with Crippen molar-refractivity contribution in [1.82, 2.24) is 5.32 Å². The molecule has 0 saturated heterocycles. The Balaban J connectivity index is 1.80. The first-order valence-electron chi connectivity index (χ1n) is 7.85. The number of halogens is 1. The molecule has 1 saturated carbocycles. The average Bonchev–Trinajstić information content (AvgIpc) is 2.98. The summed E-state index contributed by atoms with van der Waals surface area (Å²) < 4.78 is 19.3. The van der Waals surface area contributed by atoms with Crippen LogP contribution in [0.4, 0.5) is 4.39 Å². The second kappa shape index (κ2) is 8.38. The molecular formula is C17H26FNO. The molecule has 0 spiro atoms. The summed E-state index contributed by atoms with van der Waals surface area (Å²) in [7, 11) is 0. The molecule has 0 radical (unpaired) electrons. The Kier molecular flexibility index (Phi) is 6.48. The van der Waals surface area contributed by atoms with Crippen molar-refractivity contribution in [2.75, 3.05) is 13.2 Å². The van der Waals surface area contributed by atoms with E-state index in [-0.39, 0.29) is 5.82 Å². The lowest BCUT2D eigenvalue weighted by Gasteiger charge is -2.24. The highest BCUT2D eigenvalue weighted by atomic mass is 19.1. The summed E-state index contributed by atoms with van der Waals surface area (Å²) in [5, 5.41) is 3.59. The number of hydrogen-bond donors (Lipinski definition) is 1. The van der Waals surface area contributed by atoms with E-state index < -0.39 is 0 Å². The van der Waals surface area contributed by atoms with Crippen LogP contribution in [-0.4, -0.2) is 19.2 Å². The summed E-state index contributed by atoms with van der Waals surface area (Å²) in [6.07, 6.45) is 6.40. The molecule has 1 aromatic rings. The van der Waals surface area contributed by atoms with Gasteiger partial charge in [-0.15, -0.1) is 0 Å². The molecule has 112 valence electrons. The van der Waals surface area contributed by atoms with E-state index in [1.54, 1.807) is 12.1 Å². The molecule has 2 rings (SSSR count). The Morgan fingerprint density at radius 3 is 2.75 bits per heavy atom. The minimum absolute atomic E-state index is 0.175. The molecule has 2 nitrogen and oxygen atoms in total. The summed E-state index contributed by atoms with van der Waals surface area (Å²) in [5.74, 6) is 0.550. The largest absolute Gasteiger partial charge is 0.375 e. The molecule has 0 aromatic heterocycles. The van der Waals surface area contributed by atoms with Gasteiger partial charge in [0.05, 0.1) is 13.2 Å². The summed E-state index contributed by atoms with van der Waals surface area (Å²) in [6, 6.07) is 7.26. The molecule has 0 aliphatic heterocycles. The second-order valence-corrected chi connectivity index (χ2v) is 5.71. The van der Waals surface area contributed by atoms with Crippen LogP contribution in [0.2, 0.25) is 0 Å². The predicted octanol–water partition coefficient (Wildman–Crippen LogP) is 3.90. The van der Waals surface area contributed by atoms with Gasteiger partial charge in [-0.3, -0.25) is 0 Å². The van der Waals surface area contributed by atoms with E-state index in [9.17, 15) is 4.39 Å². The first-order chi connectivity index (χ1) is 9.81. The zero-order valence-electron chi connectivity index (χ0n) is 12.4. The van der Waals surface area contributed by atoms with E-state index in [1.165, 1.54) is 31.7 Å². The normalized spacial score (nSPS) is 17.5. The van der Waals surface area contributed by atoms with Crippen LogP contribution in [-0.2, 0) is 11.3 Å². The molecule has 1 aromatic carbocycles. The van der Waals surface area contributed by atoms with Gasteiger partial charge in [0.1, 0.15) is 5.82 Å². The Bertz CT molecular complexity index is 390. The van der Waals surface area contributed by atoms with Gasteiger partial charge in [-0.1, -0.05) is 38.0 Å². The van der Waals surface area contributed by atoms with E-state index >= 15 is 0 Å². The third-order valence-electron chi connectivity index (χ3n) is 4.14. The molecule has 1 N–H and O–H groups in total. The Labute approximate surface area is 121 Å². The highest BCUT2D eigenvalue weighted by Gasteiger charge is 2.24. The van der Waals surface area contributed by atoms with Crippen LogP contribution < -0.4 is 5.32 Å². The van der Waals surface area contributed by atoms with Crippen molar-refractivity contribution in [3.05, 3.63) is 35.6 Å². The highest BCUT2D eigenvalue weighted by Crippen LogP contribution is 2.28. The number of hydrogen-bond acceptors (Lipinski definition) is 2. The van der Waals surface area contributed by atoms with Gasteiger partial charge in [-0.2, -0.15) is 0 Å². The molecule has 1 fully saturated rings. The number of nitrogens with one attached hydrogen (secondary N) is 1. The van der Waals surface area contributed by atoms with Gasteiger partial charge in [-0.25, -0.2) is 4.39 Å². The van der Waals surface area contributed by atoms with E-state index in [0.717, 1.165) is 18.9 Å². The molecule has 0 bridgehead atoms. The topological polar surface area (TPSA) is 21.3 Å². The summed E-state index contributed by atoms with van der Waals surface area (Å²) in [4.78, 5) is 0.